The lowest BCUT2D eigenvalue weighted by Crippen LogP contribution is -2.30. The zero-order valence-electron chi connectivity index (χ0n) is 50.8. The minimum atomic E-state index is -0.777. The number of ether oxygens (including phenoxy) is 3. The van der Waals surface area contributed by atoms with Gasteiger partial charge in [-0.3, -0.25) is 14.4 Å². The molecule has 442 valence electrons. The van der Waals surface area contributed by atoms with Crippen LogP contribution in [0.15, 0.2) is 60.8 Å². The monoisotopic (exact) mass is 1060 g/mol. The van der Waals surface area contributed by atoms with E-state index in [0.29, 0.717) is 19.3 Å². The fraction of sp³-hybridized carbons (Fsp3) is 0.814. The van der Waals surface area contributed by atoms with Crippen molar-refractivity contribution in [3.63, 3.8) is 0 Å². The molecule has 0 aliphatic carbocycles. The van der Waals surface area contributed by atoms with E-state index in [9.17, 15) is 14.4 Å². The first-order chi connectivity index (χ1) is 37.5. The molecule has 76 heavy (non-hydrogen) atoms. The molecule has 0 saturated carbocycles. The van der Waals surface area contributed by atoms with Gasteiger partial charge in [0.25, 0.3) is 0 Å². The van der Waals surface area contributed by atoms with Crippen molar-refractivity contribution in [3.8, 4) is 0 Å². The lowest BCUT2D eigenvalue weighted by atomic mass is 10.0. The summed E-state index contributed by atoms with van der Waals surface area (Å²) in [4.78, 5) is 38.3. The van der Waals surface area contributed by atoms with Gasteiger partial charge in [0.05, 0.1) is 0 Å². The van der Waals surface area contributed by atoms with Crippen LogP contribution in [0.1, 0.15) is 348 Å². The van der Waals surface area contributed by atoms with Crippen LogP contribution in [0.4, 0.5) is 0 Å². The van der Waals surface area contributed by atoms with Gasteiger partial charge in [0, 0.05) is 19.3 Å². The maximum absolute atomic E-state index is 12.9. The van der Waals surface area contributed by atoms with Gasteiger partial charge in [-0.1, -0.05) is 306 Å². The number of allylic oxidation sites excluding steroid dienone is 10. The summed E-state index contributed by atoms with van der Waals surface area (Å²) in [5.41, 5.74) is 0. The summed E-state index contributed by atoms with van der Waals surface area (Å²) >= 11 is 0. The van der Waals surface area contributed by atoms with Crippen LogP contribution in [0.2, 0.25) is 0 Å². The lowest BCUT2D eigenvalue weighted by Gasteiger charge is -2.18. The second kappa shape index (κ2) is 64.6. The first-order valence-electron chi connectivity index (χ1n) is 33.3. The summed E-state index contributed by atoms with van der Waals surface area (Å²) < 4.78 is 17.0. The Labute approximate surface area is 472 Å². The second-order valence-electron chi connectivity index (χ2n) is 22.4. The van der Waals surface area contributed by atoms with Crippen molar-refractivity contribution in [2.75, 3.05) is 13.2 Å². The van der Waals surface area contributed by atoms with E-state index in [1.54, 1.807) is 0 Å². The highest BCUT2D eigenvalue weighted by molar-refractivity contribution is 5.71. The van der Waals surface area contributed by atoms with Crippen LogP contribution in [-0.4, -0.2) is 37.2 Å². The molecule has 0 aromatic heterocycles. The van der Waals surface area contributed by atoms with Crippen LogP contribution in [-0.2, 0) is 28.6 Å². The van der Waals surface area contributed by atoms with Crippen LogP contribution >= 0.6 is 0 Å². The summed E-state index contributed by atoms with van der Waals surface area (Å²) in [6.45, 7) is 6.57. The summed E-state index contributed by atoms with van der Waals surface area (Å²) in [6.07, 6.45) is 82.3. The van der Waals surface area contributed by atoms with Crippen LogP contribution in [0.25, 0.3) is 0 Å². The molecule has 6 nitrogen and oxygen atoms in total. The highest BCUT2D eigenvalue weighted by atomic mass is 16.6. The quantitative estimate of drug-likeness (QED) is 0.0261. The Morgan fingerprint density at radius 3 is 0.816 bits per heavy atom. The highest BCUT2D eigenvalue weighted by Gasteiger charge is 2.19. The van der Waals surface area contributed by atoms with Gasteiger partial charge in [-0.2, -0.15) is 0 Å². The number of rotatable bonds is 61. The molecular formula is C70H126O6. The first-order valence-corrected chi connectivity index (χ1v) is 33.3. The Bertz CT molecular complexity index is 1360. The van der Waals surface area contributed by atoms with Gasteiger partial charge >= 0.3 is 17.9 Å². The van der Waals surface area contributed by atoms with Crippen LogP contribution in [0, 0.1) is 0 Å². The number of carbonyl (C=O) groups is 3. The molecule has 0 saturated heterocycles. The van der Waals surface area contributed by atoms with E-state index in [4.69, 9.17) is 14.2 Å². The van der Waals surface area contributed by atoms with Gasteiger partial charge in [-0.25, -0.2) is 0 Å². The molecule has 0 aliphatic heterocycles. The molecule has 0 radical (unpaired) electrons. The lowest BCUT2D eigenvalue weighted by molar-refractivity contribution is -0.167. The SMILES string of the molecule is CC/C=C\C/C=C\C/C=C\C/C=C\CCCCCCCCCCCCCCCCC(=O)OCC(COC(=O)CCCCCCCCCCCCCCCCC)OC(=O)CCCCCCC/C=C\CCCCCCCCC. The van der Waals surface area contributed by atoms with Gasteiger partial charge in [-0.05, 0) is 83.5 Å². The van der Waals surface area contributed by atoms with Crippen LogP contribution in [0.3, 0.4) is 0 Å². The maximum atomic E-state index is 12.9. The standard InChI is InChI=1S/C70H126O6/c1-4-7-10-13-16-19-22-25-28-30-31-32-33-34-35-36-37-38-39-40-43-45-48-51-54-57-60-63-69(72)75-66-67(65-74-68(71)62-59-56-53-50-47-44-41-27-24-21-18-15-12-9-6-3)76-70(73)64-61-58-55-52-49-46-42-29-26-23-20-17-14-11-8-5-2/h7,10,16,19,25,28-29,31-32,42,67H,4-6,8-9,11-15,17-18,20-24,26-27,30,33-41,43-66H2,1-3H3/b10-7-,19-16-,28-25-,32-31-,42-29-. The molecule has 0 aromatic carbocycles. The Balaban J connectivity index is 4.26. The number of carbonyl (C=O) groups excluding carboxylic acids is 3. The fourth-order valence-corrected chi connectivity index (χ4v) is 9.79. The molecule has 0 aromatic rings. The third-order valence-corrected chi connectivity index (χ3v) is 14.8. The summed E-state index contributed by atoms with van der Waals surface area (Å²) in [6, 6.07) is 0. The Hall–Kier alpha value is -2.89. The smallest absolute Gasteiger partial charge is 0.306 e. The molecule has 1 atom stereocenters. The molecule has 0 spiro atoms. The third kappa shape index (κ3) is 62.0. The van der Waals surface area contributed by atoms with Gasteiger partial charge in [0.2, 0.25) is 0 Å². The van der Waals surface area contributed by atoms with E-state index in [-0.39, 0.29) is 31.1 Å². The Morgan fingerprint density at radius 1 is 0.276 bits per heavy atom. The minimum Gasteiger partial charge on any atom is -0.462 e. The second-order valence-corrected chi connectivity index (χ2v) is 22.4. The predicted molar refractivity (Wildman–Crippen MR) is 330 cm³/mol. The average molecular weight is 1060 g/mol. The van der Waals surface area contributed by atoms with Gasteiger partial charge in [-0.15, -0.1) is 0 Å². The molecule has 6 heteroatoms. The largest absolute Gasteiger partial charge is 0.462 e. The average Bonchev–Trinajstić information content (AvgIpc) is 3.42. The van der Waals surface area contributed by atoms with E-state index in [1.165, 1.54) is 218 Å². The van der Waals surface area contributed by atoms with Gasteiger partial charge < -0.3 is 14.2 Å². The van der Waals surface area contributed by atoms with E-state index < -0.39 is 6.10 Å². The maximum Gasteiger partial charge on any atom is 0.306 e. The molecule has 0 bridgehead atoms. The topological polar surface area (TPSA) is 78.9 Å². The van der Waals surface area contributed by atoms with Crippen molar-refractivity contribution in [1.82, 2.24) is 0 Å². The van der Waals surface area contributed by atoms with E-state index in [0.717, 1.165) is 89.9 Å². The zero-order chi connectivity index (χ0) is 55.0. The number of esters is 3. The summed E-state index contributed by atoms with van der Waals surface area (Å²) in [7, 11) is 0. The van der Waals surface area contributed by atoms with E-state index in [1.807, 2.05) is 0 Å². The van der Waals surface area contributed by atoms with Crippen molar-refractivity contribution in [2.45, 2.75) is 354 Å². The fourth-order valence-electron chi connectivity index (χ4n) is 9.79. The van der Waals surface area contributed by atoms with Gasteiger partial charge in [0.15, 0.2) is 6.10 Å². The number of hydrogen-bond acceptors (Lipinski definition) is 6. The van der Waals surface area contributed by atoms with E-state index >= 15 is 0 Å². The molecule has 0 fully saturated rings. The summed E-state index contributed by atoms with van der Waals surface area (Å²) in [5.74, 6) is -0.860. The number of unbranched alkanes of at least 4 members (excludes halogenated alkanes) is 40. The molecule has 0 N–H and O–H groups in total. The zero-order valence-corrected chi connectivity index (χ0v) is 50.8. The van der Waals surface area contributed by atoms with Crippen molar-refractivity contribution < 1.29 is 28.6 Å². The Morgan fingerprint density at radius 2 is 0.513 bits per heavy atom. The molecule has 0 rings (SSSR count). The predicted octanol–water partition coefficient (Wildman–Crippen LogP) is 22.7. The van der Waals surface area contributed by atoms with Crippen molar-refractivity contribution in [3.05, 3.63) is 60.8 Å². The Kier molecular flexibility index (Phi) is 62.2. The minimum absolute atomic E-state index is 0.0726. The first kappa shape index (κ1) is 73.1. The summed E-state index contributed by atoms with van der Waals surface area (Å²) in [5, 5.41) is 0. The third-order valence-electron chi connectivity index (χ3n) is 14.8. The van der Waals surface area contributed by atoms with Gasteiger partial charge in [0.1, 0.15) is 13.2 Å². The molecule has 1 unspecified atom stereocenters. The molecule has 0 amide bonds. The molecule has 0 heterocycles. The van der Waals surface area contributed by atoms with Crippen molar-refractivity contribution >= 4 is 17.9 Å². The van der Waals surface area contributed by atoms with Crippen LogP contribution < -0.4 is 0 Å². The molecule has 0 aliphatic rings. The highest BCUT2D eigenvalue weighted by Crippen LogP contribution is 2.17. The van der Waals surface area contributed by atoms with E-state index in [2.05, 4.69) is 81.5 Å². The number of hydrogen-bond donors (Lipinski definition) is 0. The van der Waals surface area contributed by atoms with Crippen LogP contribution in [0.5, 0.6) is 0 Å². The molecular weight excluding hydrogens is 937 g/mol. The normalized spacial score (nSPS) is 12.4. The van der Waals surface area contributed by atoms with Crippen molar-refractivity contribution in [1.29, 1.82) is 0 Å². The van der Waals surface area contributed by atoms with Crippen molar-refractivity contribution in [2.24, 2.45) is 0 Å².